The van der Waals surface area contributed by atoms with Gasteiger partial charge in [-0.2, -0.15) is 13.5 Å². The second-order valence-electron chi connectivity index (χ2n) is 5.14. The van der Waals surface area contributed by atoms with Crippen molar-refractivity contribution in [2.45, 2.75) is 24.7 Å². The molecular weight excluding hydrogens is 328 g/mol. The Kier molecular flexibility index (Phi) is 5.81. The van der Waals surface area contributed by atoms with Gasteiger partial charge in [-0.15, -0.1) is 0 Å². The zero-order valence-electron chi connectivity index (χ0n) is 13.6. The van der Waals surface area contributed by atoms with E-state index in [1.807, 2.05) is 0 Å². The number of hydrogen-bond acceptors (Lipinski definition) is 5. The Labute approximate surface area is 141 Å². The lowest BCUT2D eigenvalue weighted by Gasteiger charge is -2.06. The summed E-state index contributed by atoms with van der Waals surface area (Å²) in [6.45, 7) is 2.06. The van der Waals surface area contributed by atoms with Crippen molar-refractivity contribution in [1.82, 2.24) is 4.83 Å². The molecule has 0 heterocycles. The maximum atomic E-state index is 12.2. The van der Waals surface area contributed by atoms with E-state index in [2.05, 4.69) is 16.9 Å². The van der Waals surface area contributed by atoms with Gasteiger partial charge in [-0.3, -0.25) is 0 Å². The van der Waals surface area contributed by atoms with Gasteiger partial charge in [0, 0.05) is 5.56 Å². The van der Waals surface area contributed by atoms with Gasteiger partial charge in [-0.1, -0.05) is 31.5 Å². The van der Waals surface area contributed by atoms with E-state index in [4.69, 9.17) is 4.74 Å². The molecule has 7 heteroatoms. The second-order valence-corrected chi connectivity index (χ2v) is 6.81. The number of phenols is 1. The Morgan fingerprint density at radius 2 is 1.92 bits per heavy atom. The summed E-state index contributed by atoms with van der Waals surface area (Å²) in [5.41, 5.74) is 1.43. The van der Waals surface area contributed by atoms with Crippen molar-refractivity contribution in [2.24, 2.45) is 5.10 Å². The molecule has 2 aromatic carbocycles. The van der Waals surface area contributed by atoms with Crippen LogP contribution in [0.3, 0.4) is 0 Å². The van der Waals surface area contributed by atoms with Crippen LogP contribution in [0.2, 0.25) is 0 Å². The molecule has 0 spiro atoms. The summed E-state index contributed by atoms with van der Waals surface area (Å²) in [7, 11) is -2.32. The van der Waals surface area contributed by atoms with E-state index in [0.29, 0.717) is 5.56 Å². The Morgan fingerprint density at radius 3 is 2.54 bits per heavy atom. The van der Waals surface area contributed by atoms with E-state index in [9.17, 15) is 13.5 Å². The summed E-state index contributed by atoms with van der Waals surface area (Å²) in [6.07, 6.45) is 3.13. The van der Waals surface area contributed by atoms with Crippen molar-refractivity contribution in [1.29, 1.82) is 0 Å². The number of hydrazone groups is 1. The first-order valence-corrected chi connectivity index (χ1v) is 8.96. The van der Waals surface area contributed by atoms with Crippen LogP contribution >= 0.6 is 0 Å². The molecule has 128 valence electrons. The monoisotopic (exact) mass is 348 g/mol. The number of aryl methyl sites for hydroxylation is 1. The number of nitrogens with zero attached hydrogens (tertiary/aromatic N) is 1. The molecule has 2 N–H and O–H groups in total. The van der Waals surface area contributed by atoms with Crippen LogP contribution in [0.25, 0.3) is 0 Å². The summed E-state index contributed by atoms with van der Waals surface area (Å²) < 4.78 is 29.4. The molecule has 0 fully saturated rings. The summed E-state index contributed by atoms with van der Waals surface area (Å²) in [5, 5.41) is 13.6. The van der Waals surface area contributed by atoms with Crippen LogP contribution in [0.5, 0.6) is 11.5 Å². The Bertz CT molecular complexity index is 815. The molecular formula is C17H20N2O4S. The Balaban J connectivity index is 2.12. The first-order valence-electron chi connectivity index (χ1n) is 7.47. The molecule has 0 bridgehead atoms. The van der Waals surface area contributed by atoms with Crippen LogP contribution in [0.4, 0.5) is 0 Å². The van der Waals surface area contributed by atoms with Gasteiger partial charge in [0.25, 0.3) is 10.0 Å². The molecule has 2 aromatic rings. The lowest BCUT2D eigenvalue weighted by Crippen LogP contribution is -2.18. The van der Waals surface area contributed by atoms with Crippen LogP contribution in [0, 0.1) is 0 Å². The number of ether oxygens (including phenoxy) is 1. The smallest absolute Gasteiger partial charge is 0.276 e. The third kappa shape index (κ3) is 4.26. The molecule has 0 saturated carbocycles. The van der Waals surface area contributed by atoms with Crippen molar-refractivity contribution in [2.75, 3.05) is 7.11 Å². The quantitative estimate of drug-likeness (QED) is 0.595. The van der Waals surface area contributed by atoms with Crippen LogP contribution in [-0.2, 0) is 16.4 Å². The molecule has 0 unspecified atom stereocenters. The van der Waals surface area contributed by atoms with Crippen molar-refractivity contribution < 1.29 is 18.3 Å². The number of nitrogens with one attached hydrogen (secondary N) is 1. The highest BCUT2D eigenvalue weighted by Gasteiger charge is 2.12. The number of phenolic OH excluding ortho intramolecular Hbond substituents is 1. The molecule has 24 heavy (non-hydrogen) atoms. The number of sulfonamides is 1. The van der Waals surface area contributed by atoms with E-state index in [0.717, 1.165) is 18.4 Å². The first-order chi connectivity index (χ1) is 11.5. The number of benzene rings is 2. The summed E-state index contributed by atoms with van der Waals surface area (Å²) in [4.78, 5) is 2.26. The first kappa shape index (κ1) is 17.8. The predicted molar refractivity (Wildman–Crippen MR) is 93.0 cm³/mol. The highest BCUT2D eigenvalue weighted by atomic mass is 32.2. The summed E-state index contributed by atoms with van der Waals surface area (Å²) in [6, 6.07) is 11.5. The number of methoxy groups -OCH3 is 1. The number of aromatic hydroxyl groups is 1. The van der Waals surface area contributed by atoms with Gasteiger partial charge in [-0.25, -0.2) is 4.83 Å². The molecule has 0 aliphatic carbocycles. The lowest BCUT2D eigenvalue weighted by molar-refractivity contribution is 0.373. The fraction of sp³-hybridized carbons (Fsp3) is 0.235. The maximum absolute atomic E-state index is 12.2. The molecule has 6 nitrogen and oxygen atoms in total. The van der Waals surface area contributed by atoms with Crippen molar-refractivity contribution >= 4 is 16.2 Å². The van der Waals surface area contributed by atoms with E-state index in [1.54, 1.807) is 42.5 Å². The van der Waals surface area contributed by atoms with Gasteiger partial charge >= 0.3 is 0 Å². The molecule has 2 rings (SSSR count). The van der Waals surface area contributed by atoms with Gasteiger partial charge in [0.15, 0.2) is 11.5 Å². The third-order valence-corrected chi connectivity index (χ3v) is 4.64. The van der Waals surface area contributed by atoms with Crippen LogP contribution in [0.1, 0.15) is 24.5 Å². The fourth-order valence-electron chi connectivity index (χ4n) is 2.15. The number of rotatable bonds is 7. The second kappa shape index (κ2) is 7.83. The molecule has 0 aliphatic rings. The summed E-state index contributed by atoms with van der Waals surface area (Å²) >= 11 is 0. The molecule has 0 atom stereocenters. The van der Waals surface area contributed by atoms with Crippen LogP contribution in [0.15, 0.2) is 52.5 Å². The molecule has 0 saturated heterocycles. The predicted octanol–water partition coefficient (Wildman–Crippen LogP) is 2.67. The highest BCUT2D eigenvalue weighted by molar-refractivity contribution is 7.89. The minimum Gasteiger partial charge on any atom is -0.504 e. The molecule has 0 radical (unpaired) electrons. The highest BCUT2D eigenvalue weighted by Crippen LogP contribution is 2.27. The van der Waals surface area contributed by atoms with Gasteiger partial charge in [-0.05, 0) is 36.2 Å². The number of para-hydroxylation sites is 1. The normalized spacial score (nSPS) is 11.6. The van der Waals surface area contributed by atoms with E-state index >= 15 is 0 Å². The van der Waals surface area contributed by atoms with Gasteiger partial charge < -0.3 is 9.84 Å². The van der Waals surface area contributed by atoms with Crippen LogP contribution in [-0.4, -0.2) is 26.8 Å². The Morgan fingerprint density at radius 1 is 1.21 bits per heavy atom. The van der Waals surface area contributed by atoms with Gasteiger partial charge in [0.2, 0.25) is 0 Å². The lowest BCUT2D eigenvalue weighted by atomic mass is 10.1. The average molecular weight is 348 g/mol. The van der Waals surface area contributed by atoms with Crippen molar-refractivity contribution in [3.8, 4) is 11.5 Å². The minimum absolute atomic E-state index is 0.105. The SMILES string of the molecule is CCCc1ccc(S(=O)(=O)NN=Cc2cccc(OC)c2O)cc1. The summed E-state index contributed by atoms with van der Waals surface area (Å²) in [5.74, 6) is 0.181. The van der Waals surface area contributed by atoms with E-state index in [-0.39, 0.29) is 16.4 Å². The largest absolute Gasteiger partial charge is 0.504 e. The van der Waals surface area contributed by atoms with Crippen molar-refractivity contribution in [3.05, 3.63) is 53.6 Å². The standard InChI is InChI=1S/C17H20N2O4S/c1-3-5-13-8-10-15(11-9-13)24(21,22)19-18-12-14-6-4-7-16(23-2)17(14)20/h4,6-12,19-20H,3,5H2,1-2H3. The van der Waals surface area contributed by atoms with Gasteiger partial charge in [0.05, 0.1) is 18.2 Å². The molecule has 0 aliphatic heterocycles. The molecule has 0 aromatic heterocycles. The van der Waals surface area contributed by atoms with E-state index in [1.165, 1.54) is 13.3 Å². The zero-order chi connectivity index (χ0) is 17.6. The van der Waals surface area contributed by atoms with Crippen molar-refractivity contribution in [3.63, 3.8) is 0 Å². The fourth-order valence-corrected chi connectivity index (χ4v) is 2.94. The van der Waals surface area contributed by atoms with E-state index < -0.39 is 10.0 Å². The minimum atomic E-state index is -3.75. The zero-order valence-corrected chi connectivity index (χ0v) is 14.4. The third-order valence-electron chi connectivity index (χ3n) is 3.40. The van der Waals surface area contributed by atoms with Gasteiger partial charge in [0.1, 0.15) is 0 Å². The topological polar surface area (TPSA) is 88.0 Å². The average Bonchev–Trinajstić information content (AvgIpc) is 2.57. The Hall–Kier alpha value is -2.54. The molecule has 0 amide bonds. The number of hydrogen-bond donors (Lipinski definition) is 2. The van der Waals surface area contributed by atoms with Crippen LogP contribution < -0.4 is 9.57 Å². The maximum Gasteiger partial charge on any atom is 0.276 e.